The van der Waals surface area contributed by atoms with Crippen LogP contribution in [0.1, 0.15) is 0 Å². The summed E-state index contributed by atoms with van der Waals surface area (Å²) in [6, 6.07) is 13.8. The average molecular weight is 263 g/mol. The summed E-state index contributed by atoms with van der Waals surface area (Å²) in [5.74, 6) is 0.882. The summed E-state index contributed by atoms with van der Waals surface area (Å²) in [5.41, 5.74) is 2.89. The minimum absolute atomic E-state index is 0.0350. The predicted molar refractivity (Wildman–Crippen MR) is 79.9 cm³/mol. The Hall–Kier alpha value is -2.62. The summed E-state index contributed by atoms with van der Waals surface area (Å²) in [7, 11) is 0. The number of benzene rings is 1. The van der Waals surface area contributed by atoms with Crippen LogP contribution in [0.15, 0.2) is 53.5 Å². The molecule has 0 bridgehead atoms. The number of rotatable bonds is 1. The van der Waals surface area contributed by atoms with Gasteiger partial charge in [-0.05, 0) is 17.7 Å². The lowest BCUT2D eigenvalue weighted by atomic mass is 10.0. The van der Waals surface area contributed by atoms with E-state index in [2.05, 4.69) is 22.4 Å². The van der Waals surface area contributed by atoms with Gasteiger partial charge in [-0.15, -0.1) is 0 Å². The Balaban J connectivity index is 2.20. The SMILES string of the molecule is O=c1c2cccnc2c(-c2ccccc2)c2n1CCN2. The van der Waals surface area contributed by atoms with Crippen LogP contribution in [0.2, 0.25) is 0 Å². The molecular weight excluding hydrogens is 250 g/mol. The van der Waals surface area contributed by atoms with Crippen LogP contribution in [0.5, 0.6) is 0 Å². The Morgan fingerprint density at radius 3 is 2.80 bits per heavy atom. The van der Waals surface area contributed by atoms with Gasteiger partial charge in [-0.25, -0.2) is 0 Å². The highest BCUT2D eigenvalue weighted by Gasteiger charge is 2.21. The third-order valence-electron chi connectivity index (χ3n) is 3.72. The summed E-state index contributed by atoms with van der Waals surface area (Å²) in [4.78, 5) is 16.9. The van der Waals surface area contributed by atoms with Crippen molar-refractivity contribution in [2.45, 2.75) is 6.54 Å². The van der Waals surface area contributed by atoms with Crippen LogP contribution in [0.25, 0.3) is 22.0 Å². The minimum Gasteiger partial charge on any atom is -0.369 e. The molecule has 0 amide bonds. The standard InChI is InChI=1S/C16H13N3O/c20-16-12-7-4-8-17-14(12)13(11-5-2-1-3-6-11)15-18-9-10-19(15)16/h1-8,18H,9-10H2. The molecule has 0 atom stereocenters. The second-order valence-electron chi connectivity index (χ2n) is 4.87. The zero-order valence-corrected chi connectivity index (χ0v) is 10.8. The molecule has 3 heterocycles. The van der Waals surface area contributed by atoms with Crippen molar-refractivity contribution in [1.29, 1.82) is 0 Å². The summed E-state index contributed by atoms with van der Waals surface area (Å²) < 4.78 is 1.81. The molecule has 4 heteroatoms. The number of anilines is 1. The zero-order valence-electron chi connectivity index (χ0n) is 10.8. The van der Waals surface area contributed by atoms with Crippen LogP contribution in [-0.2, 0) is 6.54 Å². The molecule has 0 unspecified atom stereocenters. The molecule has 0 spiro atoms. The quantitative estimate of drug-likeness (QED) is 0.733. The first-order chi connectivity index (χ1) is 9.86. The fourth-order valence-corrected chi connectivity index (χ4v) is 2.83. The second-order valence-corrected chi connectivity index (χ2v) is 4.87. The Bertz CT molecular complexity index is 853. The van der Waals surface area contributed by atoms with E-state index < -0.39 is 0 Å². The Morgan fingerprint density at radius 1 is 1.10 bits per heavy atom. The third kappa shape index (κ3) is 1.48. The van der Waals surface area contributed by atoms with Crippen LogP contribution in [0.3, 0.4) is 0 Å². The fourth-order valence-electron chi connectivity index (χ4n) is 2.83. The molecule has 1 N–H and O–H groups in total. The third-order valence-corrected chi connectivity index (χ3v) is 3.72. The number of hydrogen-bond donors (Lipinski definition) is 1. The molecule has 0 saturated heterocycles. The number of nitrogens with zero attached hydrogens (tertiary/aromatic N) is 2. The maximum atomic E-state index is 12.5. The maximum Gasteiger partial charge on any atom is 0.261 e. The van der Waals surface area contributed by atoms with Crippen molar-refractivity contribution < 1.29 is 0 Å². The fraction of sp³-hybridized carbons (Fsp3) is 0.125. The van der Waals surface area contributed by atoms with E-state index >= 15 is 0 Å². The normalized spacial score (nSPS) is 13.2. The molecule has 98 valence electrons. The van der Waals surface area contributed by atoms with Crippen LogP contribution in [-0.4, -0.2) is 16.1 Å². The van der Waals surface area contributed by atoms with Crippen molar-refractivity contribution in [3.05, 3.63) is 59.0 Å². The highest BCUT2D eigenvalue weighted by molar-refractivity contribution is 5.98. The summed E-state index contributed by atoms with van der Waals surface area (Å²) in [6.45, 7) is 1.49. The van der Waals surface area contributed by atoms with Gasteiger partial charge in [-0.3, -0.25) is 14.3 Å². The minimum atomic E-state index is 0.0350. The van der Waals surface area contributed by atoms with E-state index in [-0.39, 0.29) is 5.56 Å². The van der Waals surface area contributed by atoms with Gasteiger partial charge in [0.1, 0.15) is 5.82 Å². The van der Waals surface area contributed by atoms with E-state index in [9.17, 15) is 4.79 Å². The van der Waals surface area contributed by atoms with Gasteiger partial charge >= 0.3 is 0 Å². The smallest absolute Gasteiger partial charge is 0.261 e. The van der Waals surface area contributed by atoms with Crippen molar-refractivity contribution >= 4 is 16.7 Å². The first-order valence-electron chi connectivity index (χ1n) is 6.67. The van der Waals surface area contributed by atoms with Gasteiger partial charge in [-0.2, -0.15) is 0 Å². The van der Waals surface area contributed by atoms with Crippen molar-refractivity contribution in [3.63, 3.8) is 0 Å². The molecule has 1 aromatic carbocycles. The molecule has 2 aromatic heterocycles. The zero-order chi connectivity index (χ0) is 13.5. The van der Waals surface area contributed by atoms with Gasteiger partial charge in [0.25, 0.3) is 5.56 Å². The van der Waals surface area contributed by atoms with Gasteiger partial charge in [0.15, 0.2) is 0 Å². The van der Waals surface area contributed by atoms with E-state index in [0.29, 0.717) is 11.9 Å². The number of nitrogens with one attached hydrogen (secondary N) is 1. The number of fused-ring (bicyclic) bond motifs is 2. The summed E-state index contributed by atoms with van der Waals surface area (Å²) in [5, 5.41) is 4.00. The van der Waals surface area contributed by atoms with Gasteiger partial charge < -0.3 is 5.32 Å². The highest BCUT2D eigenvalue weighted by atomic mass is 16.1. The first-order valence-corrected chi connectivity index (χ1v) is 6.67. The highest BCUT2D eigenvalue weighted by Crippen LogP contribution is 2.34. The lowest BCUT2D eigenvalue weighted by Crippen LogP contribution is -2.19. The molecule has 1 aliphatic heterocycles. The number of pyridine rings is 2. The summed E-state index contributed by atoms with van der Waals surface area (Å²) in [6.07, 6.45) is 1.74. The van der Waals surface area contributed by atoms with Crippen LogP contribution >= 0.6 is 0 Å². The second kappa shape index (κ2) is 4.20. The average Bonchev–Trinajstić information content (AvgIpc) is 2.98. The van der Waals surface area contributed by atoms with Gasteiger partial charge in [0.2, 0.25) is 0 Å². The van der Waals surface area contributed by atoms with Gasteiger partial charge in [-0.1, -0.05) is 30.3 Å². The maximum absolute atomic E-state index is 12.5. The van der Waals surface area contributed by atoms with Crippen LogP contribution in [0, 0.1) is 0 Å². The van der Waals surface area contributed by atoms with Gasteiger partial charge in [0.05, 0.1) is 10.9 Å². The number of hydrogen-bond acceptors (Lipinski definition) is 3. The van der Waals surface area contributed by atoms with E-state index in [1.807, 2.05) is 34.9 Å². The molecule has 0 saturated carbocycles. The van der Waals surface area contributed by atoms with E-state index in [1.54, 1.807) is 6.20 Å². The van der Waals surface area contributed by atoms with E-state index in [4.69, 9.17) is 0 Å². The van der Waals surface area contributed by atoms with Crippen molar-refractivity contribution in [2.24, 2.45) is 0 Å². The molecular formula is C16H13N3O. The van der Waals surface area contributed by atoms with Crippen molar-refractivity contribution in [3.8, 4) is 11.1 Å². The van der Waals surface area contributed by atoms with E-state index in [0.717, 1.165) is 29.0 Å². The topological polar surface area (TPSA) is 46.9 Å². The van der Waals surface area contributed by atoms with Crippen molar-refractivity contribution in [2.75, 3.05) is 11.9 Å². The van der Waals surface area contributed by atoms with E-state index in [1.165, 1.54) is 0 Å². The molecule has 3 aromatic rings. The molecule has 0 fully saturated rings. The molecule has 0 aliphatic carbocycles. The first kappa shape index (κ1) is 11.2. The van der Waals surface area contributed by atoms with Crippen LogP contribution in [0.4, 0.5) is 5.82 Å². The molecule has 4 rings (SSSR count). The molecule has 4 nitrogen and oxygen atoms in total. The Morgan fingerprint density at radius 2 is 1.95 bits per heavy atom. The molecule has 1 aliphatic rings. The predicted octanol–water partition coefficient (Wildman–Crippen LogP) is 2.49. The lowest BCUT2D eigenvalue weighted by molar-refractivity contribution is 0.780. The lowest BCUT2D eigenvalue weighted by Gasteiger charge is -2.13. The Labute approximate surface area is 115 Å². The molecule has 0 radical (unpaired) electrons. The summed E-state index contributed by atoms with van der Waals surface area (Å²) >= 11 is 0. The van der Waals surface area contributed by atoms with Crippen molar-refractivity contribution in [1.82, 2.24) is 9.55 Å². The van der Waals surface area contributed by atoms with Gasteiger partial charge in [0, 0.05) is 24.8 Å². The van der Waals surface area contributed by atoms with Crippen LogP contribution < -0.4 is 10.9 Å². The monoisotopic (exact) mass is 263 g/mol. The molecule has 20 heavy (non-hydrogen) atoms. The largest absolute Gasteiger partial charge is 0.369 e. The Kier molecular flexibility index (Phi) is 2.36. The number of aromatic nitrogens is 2.